The maximum absolute atomic E-state index is 13.1. The summed E-state index contributed by atoms with van der Waals surface area (Å²) in [5, 5.41) is 0.955. The molecule has 0 aliphatic carbocycles. The summed E-state index contributed by atoms with van der Waals surface area (Å²) in [4.78, 5) is 13.3. The van der Waals surface area contributed by atoms with Gasteiger partial charge in [-0.15, -0.1) is 23.1 Å². The third kappa shape index (κ3) is 1.97. The van der Waals surface area contributed by atoms with Crippen LogP contribution >= 0.6 is 23.1 Å². The van der Waals surface area contributed by atoms with Crippen molar-refractivity contribution in [2.75, 3.05) is 5.75 Å². The van der Waals surface area contributed by atoms with E-state index in [1.165, 1.54) is 23.5 Å². The van der Waals surface area contributed by atoms with Crippen LogP contribution in [-0.2, 0) is 0 Å². The fourth-order valence-electron chi connectivity index (χ4n) is 2.34. The van der Waals surface area contributed by atoms with Gasteiger partial charge in [0.1, 0.15) is 5.82 Å². The van der Waals surface area contributed by atoms with E-state index in [0.29, 0.717) is 0 Å². The maximum atomic E-state index is 13.1. The van der Waals surface area contributed by atoms with Crippen molar-refractivity contribution < 1.29 is 9.18 Å². The number of carbonyl (C=O) groups excluding carboxylic acids is 1. The van der Waals surface area contributed by atoms with Crippen molar-refractivity contribution in [3.8, 4) is 0 Å². The standard InChI is InChI=1S/C14H13FOS2/c1-14(5-2-6-17-14)13(16)12-7-9-3-4-10(15)8-11(9)18-12/h3-4,7-8H,2,5-6H2,1H3. The second kappa shape index (κ2) is 4.35. The van der Waals surface area contributed by atoms with Crippen LogP contribution in [0.2, 0.25) is 0 Å². The number of Topliss-reactive ketones (excluding diaryl/α,β-unsaturated/α-hetero) is 1. The van der Waals surface area contributed by atoms with E-state index in [2.05, 4.69) is 0 Å². The molecular weight excluding hydrogens is 267 g/mol. The molecule has 1 saturated heterocycles. The molecular formula is C14H13FOS2. The van der Waals surface area contributed by atoms with Crippen LogP contribution in [0.4, 0.5) is 4.39 Å². The zero-order valence-electron chi connectivity index (χ0n) is 10.0. The molecule has 1 aromatic heterocycles. The van der Waals surface area contributed by atoms with Gasteiger partial charge in [-0.05, 0) is 49.1 Å². The molecule has 3 rings (SSSR count). The van der Waals surface area contributed by atoms with E-state index >= 15 is 0 Å². The lowest BCUT2D eigenvalue weighted by Crippen LogP contribution is -2.27. The first-order valence-corrected chi connectivity index (χ1v) is 7.77. The SMILES string of the molecule is CC1(C(=O)c2cc3ccc(F)cc3s2)CCCS1. The number of halogens is 1. The highest BCUT2D eigenvalue weighted by molar-refractivity contribution is 8.01. The summed E-state index contributed by atoms with van der Waals surface area (Å²) in [5.41, 5.74) is 0. The largest absolute Gasteiger partial charge is 0.292 e. The number of rotatable bonds is 2. The van der Waals surface area contributed by atoms with Crippen LogP contribution in [0, 0.1) is 5.82 Å². The van der Waals surface area contributed by atoms with Crippen molar-refractivity contribution in [2.45, 2.75) is 24.5 Å². The van der Waals surface area contributed by atoms with Gasteiger partial charge in [0.05, 0.1) is 9.62 Å². The highest BCUT2D eigenvalue weighted by Gasteiger charge is 2.38. The number of carbonyl (C=O) groups is 1. The molecule has 4 heteroatoms. The van der Waals surface area contributed by atoms with Crippen LogP contribution in [0.1, 0.15) is 29.4 Å². The van der Waals surface area contributed by atoms with Gasteiger partial charge >= 0.3 is 0 Å². The Morgan fingerprint density at radius 2 is 2.22 bits per heavy atom. The minimum absolute atomic E-state index is 0.201. The fraction of sp³-hybridized carbons (Fsp3) is 0.357. The van der Waals surface area contributed by atoms with E-state index in [0.717, 1.165) is 33.6 Å². The molecule has 0 spiro atoms. The van der Waals surface area contributed by atoms with E-state index in [4.69, 9.17) is 0 Å². The van der Waals surface area contributed by atoms with Gasteiger partial charge < -0.3 is 0 Å². The highest BCUT2D eigenvalue weighted by Crippen LogP contribution is 2.42. The Balaban J connectivity index is 2.01. The Morgan fingerprint density at radius 3 is 2.94 bits per heavy atom. The third-order valence-electron chi connectivity index (χ3n) is 3.41. The lowest BCUT2D eigenvalue weighted by atomic mass is 9.99. The Labute approximate surface area is 113 Å². The van der Waals surface area contributed by atoms with Crippen LogP contribution in [0.15, 0.2) is 24.3 Å². The number of hydrogen-bond donors (Lipinski definition) is 0. The zero-order chi connectivity index (χ0) is 12.8. The first kappa shape index (κ1) is 12.2. The molecule has 0 amide bonds. The molecule has 1 nitrogen and oxygen atoms in total. The predicted octanol–water partition coefficient (Wildman–Crippen LogP) is 4.51. The molecule has 0 radical (unpaired) electrons. The average molecular weight is 280 g/mol. The first-order valence-electron chi connectivity index (χ1n) is 5.96. The number of thioether (sulfide) groups is 1. The van der Waals surface area contributed by atoms with Crippen molar-refractivity contribution in [1.82, 2.24) is 0 Å². The summed E-state index contributed by atoms with van der Waals surface area (Å²) >= 11 is 3.15. The summed E-state index contributed by atoms with van der Waals surface area (Å²) < 4.78 is 13.7. The summed E-state index contributed by atoms with van der Waals surface area (Å²) in [6.45, 7) is 2.03. The van der Waals surface area contributed by atoms with Gasteiger partial charge in [-0.1, -0.05) is 6.07 Å². The normalized spacial score (nSPS) is 23.7. The maximum Gasteiger partial charge on any atom is 0.188 e. The number of benzene rings is 1. The minimum atomic E-state index is -0.278. The zero-order valence-corrected chi connectivity index (χ0v) is 11.7. The molecule has 1 aromatic carbocycles. The van der Waals surface area contributed by atoms with Crippen LogP contribution in [0.25, 0.3) is 10.1 Å². The highest BCUT2D eigenvalue weighted by atomic mass is 32.2. The molecule has 2 heterocycles. The van der Waals surface area contributed by atoms with Crippen LogP contribution < -0.4 is 0 Å². The van der Waals surface area contributed by atoms with E-state index in [1.54, 1.807) is 17.8 Å². The van der Waals surface area contributed by atoms with Crippen molar-refractivity contribution in [3.05, 3.63) is 35.0 Å². The van der Waals surface area contributed by atoms with Crippen molar-refractivity contribution in [3.63, 3.8) is 0 Å². The van der Waals surface area contributed by atoms with Gasteiger partial charge in [0, 0.05) is 4.70 Å². The van der Waals surface area contributed by atoms with E-state index in [9.17, 15) is 9.18 Å². The molecule has 18 heavy (non-hydrogen) atoms. The summed E-state index contributed by atoms with van der Waals surface area (Å²) in [5.74, 6) is 1.01. The van der Waals surface area contributed by atoms with Gasteiger partial charge in [-0.2, -0.15) is 0 Å². The fourth-order valence-corrected chi connectivity index (χ4v) is 4.83. The summed E-state index contributed by atoms with van der Waals surface area (Å²) in [7, 11) is 0. The Hall–Kier alpha value is -0.870. The van der Waals surface area contributed by atoms with Gasteiger partial charge in [-0.25, -0.2) is 4.39 Å². The Bertz CT molecular complexity index is 611. The van der Waals surface area contributed by atoms with Crippen molar-refractivity contribution >= 4 is 39.0 Å². The van der Waals surface area contributed by atoms with E-state index in [1.807, 2.05) is 13.0 Å². The molecule has 0 saturated carbocycles. The van der Waals surface area contributed by atoms with Crippen LogP contribution in [-0.4, -0.2) is 16.3 Å². The number of hydrogen-bond acceptors (Lipinski definition) is 3. The average Bonchev–Trinajstić information content (AvgIpc) is 2.94. The van der Waals surface area contributed by atoms with Gasteiger partial charge in [0.2, 0.25) is 0 Å². The first-order chi connectivity index (χ1) is 8.58. The second-order valence-electron chi connectivity index (χ2n) is 4.80. The Kier molecular flexibility index (Phi) is 2.94. The monoisotopic (exact) mass is 280 g/mol. The molecule has 1 aliphatic heterocycles. The van der Waals surface area contributed by atoms with Gasteiger partial charge in [-0.3, -0.25) is 4.79 Å². The number of thiophene rings is 1. The molecule has 1 atom stereocenters. The van der Waals surface area contributed by atoms with Gasteiger partial charge in [0.25, 0.3) is 0 Å². The third-order valence-corrected chi connectivity index (χ3v) is 6.02. The molecule has 1 aliphatic rings. The number of ketones is 1. The van der Waals surface area contributed by atoms with Crippen LogP contribution in [0.3, 0.4) is 0 Å². The molecule has 94 valence electrons. The number of fused-ring (bicyclic) bond motifs is 1. The van der Waals surface area contributed by atoms with Crippen molar-refractivity contribution in [1.29, 1.82) is 0 Å². The Morgan fingerprint density at radius 1 is 1.39 bits per heavy atom. The van der Waals surface area contributed by atoms with Crippen molar-refractivity contribution in [2.24, 2.45) is 0 Å². The molecule has 1 unspecified atom stereocenters. The van der Waals surface area contributed by atoms with E-state index in [-0.39, 0.29) is 16.3 Å². The summed E-state index contributed by atoms with van der Waals surface area (Å²) in [6.07, 6.45) is 2.05. The lowest BCUT2D eigenvalue weighted by molar-refractivity contribution is 0.0953. The molecule has 1 fully saturated rings. The smallest absolute Gasteiger partial charge is 0.188 e. The van der Waals surface area contributed by atoms with Crippen LogP contribution in [0.5, 0.6) is 0 Å². The quantitative estimate of drug-likeness (QED) is 0.753. The molecule has 0 bridgehead atoms. The lowest BCUT2D eigenvalue weighted by Gasteiger charge is -2.19. The van der Waals surface area contributed by atoms with E-state index < -0.39 is 0 Å². The van der Waals surface area contributed by atoms with Gasteiger partial charge in [0.15, 0.2) is 5.78 Å². The topological polar surface area (TPSA) is 17.1 Å². The minimum Gasteiger partial charge on any atom is -0.292 e. The second-order valence-corrected chi connectivity index (χ2v) is 7.49. The molecule has 0 N–H and O–H groups in total. The predicted molar refractivity (Wildman–Crippen MR) is 76.2 cm³/mol. The summed E-state index contributed by atoms with van der Waals surface area (Å²) in [6, 6.07) is 6.57. The molecule has 2 aromatic rings.